The van der Waals surface area contributed by atoms with Gasteiger partial charge >= 0.3 is 5.97 Å². The van der Waals surface area contributed by atoms with Gasteiger partial charge in [0.25, 0.3) is 0 Å². The first-order chi connectivity index (χ1) is 12.2. The van der Waals surface area contributed by atoms with E-state index in [1.165, 1.54) is 5.56 Å². The van der Waals surface area contributed by atoms with E-state index in [0.29, 0.717) is 6.61 Å². The Kier molecular flexibility index (Phi) is 5.08. The predicted molar refractivity (Wildman–Crippen MR) is 99.1 cm³/mol. The molecule has 0 amide bonds. The lowest BCUT2D eigenvalue weighted by Crippen LogP contribution is -2.09. The molecule has 2 aromatic carbocycles. The van der Waals surface area contributed by atoms with Crippen LogP contribution < -0.4 is 4.74 Å². The Hall–Kier alpha value is -2.75. The maximum atomic E-state index is 12.1. The Morgan fingerprint density at radius 3 is 2.52 bits per heavy atom. The van der Waals surface area contributed by atoms with Crippen molar-refractivity contribution in [2.45, 2.75) is 26.8 Å². The highest BCUT2D eigenvalue weighted by atomic mass is 16.5. The third-order valence-electron chi connectivity index (χ3n) is 4.47. The maximum absolute atomic E-state index is 12.1. The van der Waals surface area contributed by atoms with Crippen LogP contribution in [0.25, 0.3) is 10.9 Å². The zero-order valence-corrected chi connectivity index (χ0v) is 14.9. The Balaban J connectivity index is 2.14. The second-order valence-electron chi connectivity index (χ2n) is 5.97. The molecule has 0 aliphatic rings. The highest BCUT2D eigenvalue weighted by Crippen LogP contribution is 2.34. The number of esters is 1. The van der Waals surface area contributed by atoms with Crippen LogP contribution in [-0.2, 0) is 22.5 Å². The molecular weight excluding hydrogens is 314 g/mol. The summed E-state index contributed by atoms with van der Waals surface area (Å²) in [4.78, 5) is 12.1. The second-order valence-corrected chi connectivity index (χ2v) is 5.97. The van der Waals surface area contributed by atoms with E-state index in [0.717, 1.165) is 34.5 Å². The summed E-state index contributed by atoms with van der Waals surface area (Å²) in [7, 11) is 1.66. The smallest absolute Gasteiger partial charge is 0.310 e. The first kappa shape index (κ1) is 17.1. The maximum Gasteiger partial charge on any atom is 0.310 e. The van der Waals surface area contributed by atoms with Gasteiger partial charge in [0.1, 0.15) is 5.75 Å². The molecule has 0 aliphatic carbocycles. The number of nitrogens with zero attached hydrogens (tertiary/aromatic N) is 1. The molecule has 0 N–H and O–H groups in total. The van der Waals surface area contributed by atoms with Crippen LogP contribution in [0.3, 0.4) is 0 Å². The number of rotatable bonds is 6. The van der Waals surface area contributed by atoms with E-state index in [4.69, 9.17) is 9.47 Å². The lowest BCUT2D eigenvalue weighted by atomic mass is 10.1. The summed E-state index contributed by atoms with van der Waals surface area (Å²) in [5.41, 5.74) is 4.33. The number of carbonyl (C=O) groups is 1. The van der Waals surface area contributed by atoms with E-state index in [1.807, 2.05) is 37.3 Å². The Morgan fingerprint density at radius 2 is 1.84 bits per heavy atom. The van der Waals surface area contributed by atoms with Crippen molar-refractivity contribution in [2.75, 3.05) is 13.7 Å². The van der Waals surface area contributed by atoms with Gasteiger partial charge in [-0.25, -0.2) is 0 Å². The molecule has 130 valence electrons. The van der Waals surface area contributed by atoms with Crippen LogP contribution in [0, 0.1) is 6.92 Å². The molecule has 0 atom stereocenters. The van der Waals surface area contributed by atoms with Crippen molar-refractivity contribution in [1.29, 1.82) is 0 Å². The van der Waals surface area contributed by atoms with Crippen LogP contribution in [-0.4, -0.2) is 24.3 Å². The Labute approximate surface area is 148 Å². The summed E-state index contributed by atoms with van der Waals surface area (Å²) >= 11 is 0. The fourth-order valence-electron chi connectivity index (χ4n) is 3.28. The van der Waals surface area contributed by atoms with Gasteiger partial charge in [-0.1, -0.05) is 36.4 Å². The van der Waals surface area contributed by atoms with E-state index in [9.17, 15) is 4.79 Å². The third kappa shape index (κ3) is 3.38. The van der Waals surface area contributed by atoms with Gasteiger partial charge in [-0.2, -0.15) is 0 Å². The van der Waals surface area contributed by atoms with Crippen molar-refractivity contribution in [3.8, 4) is 5.75 Å². The van der Waals surface area contributed by atoms with Gasteiger partial charge in [0.2, 0.25) is 0 Å². The minimum Gasteiger partial charge on any atom is -0.496 e. The molecule has 25 heavy (non-hydrogen) atoms. The molecular formula is C21H23NO3. The van der Waals surface area contributed by atoms with Crippen LogP contribution >= 0.6 is 0 Å². The summed E-state index contributed by atoms with van der Waals surface area (Å²) in [5, 5.41) is 0.992. The summed E-state index contributed by atoms with van der Waals surface area (Å²) in [5.74, 6) is 0.571. The van der Waals surface area contributed by atoms with E-state index in [1.54, 1.807) is 7.11 Å². The largest absolute Gasteiger partial charge is 0.496 e. The number of methoxy groups -OCH3 is 1. The second kappa shape index (κ2) is 7.43. The topological polar surface area (TPSA) is 40.5 Å². The van der Waals surface area contributed by atoms with Crippen LogP contribution in [0.1, 0.15) is 23.7 Å². The molecule has 0 aliphatic heterocycles. The van der Waals surface area contributed by atoms with Gasteiger partial charge in [-0.05, 0) is 37.1 Å². The summed E-state index contributed by atoms with van der Waals surface area (Å²) in [6.07, 6.45) is 0.248. The number of carbonyl (C=O) groups excluding carboxylic acids is 1. The SMILES string of the molecule is CCOC(=O)Cc1c(C)n(Cc2ccccc2)c2cccc(OC)c12. The van der Waals surface area contributed by atoms with Gasteiger partial charge in [0, 0.05) is 17.6 Å². The van der Waals surface area contributed by atoms with E-state index < -0.39 is 0 Å². The number of benzene rings is 2. The normalized spacial score (nSPS) is 10.8. The molecule has 0 saturated heterocycles. The molecule has 0 spiro atoms. The summed E-state index contributed by atoms with van der Waals surface area (Å²) in [6.45, 7) is 5.01. The van der Waals surface area contributed by atoms with E-state index in [-0.39, 0.29) is 12.4 Å². The monoisotopic (exact) mass is 337 g/mol. The van der Waals surface area contributed by atoms with Gasteiger partial charge in [0.15, 0.2) is 0 Å². The molecule has 3 rings (SSSR count). The third-order valence-corrected chi connectivity index (χ3v) is 4.47. The first-order valence-corrected chi connectivity index (χ1v) is 8.50. The molecule has 1 aromatic heterocycles. The summed E-state index contributed by atoms with van der Waals surface area (Å²) < 4.78 is 13.0. The number of ether oxygens (including phenoxy) is 2. The fraction of sp³-hybridized carbons (Fsp3) is 0.286. The number of hydrogen-bond acceptors (Lipinski definition) is 3. The Bertz CT molecular complexity index is 881. The highest BCUT2D eigenvalue weighted by molar-refractivity contribution is 5.94. The Morgan fingerprint density at radius 1 is 1.08 bits per heavy atom. The molecule has 0 saturated carbocycles. The molecule has 4 heteroatoms. The molecule has 0 fully saturated rings. The van der Waals surface area contributed by atoms with Gasteiger partial charge in [-0.15, -0.1) is 0 Å². The molecule has 0 radical (unpaired) electrons. The van der Waals surface area contributed by atoms with Crippen molar-refractivity contribution in [3.63, 3.8) is 0 Å². The molecule has 0 bridgehead atoms. The van der Waals surface area contributed by atoms with Crippen LogP contribution in [0.4, 0.5) is 0 Å². The van der Waals surface area contributed by atoms with Crippen LogP contribution in [0.5, 0.6) is 5.75 Å². The van der Waals surface area contributed by atoms with Gasteiger partial charge in [0.05, 0.1) is 25.7 Å². The average Bonchev–Trinajstić information content (AvgIpc) is 2.88. The number of fused-ring (bicyclic) bond motifs is 1. The van der Waals surface area contributed by atoms with E-state index in [2.05, 4.69) is 29.7 Å². The quantitative estimate of drug-likeness (QED) is 0.636. The zero-order chi connectivity index (χ0) is 17.8. The van der Waals surface area contributed by atoms with Gasteiger partial charge < -0.3 is 14.0 Å². The van der Waals surface area contributed by atoms with Crippen molar-refractivity contribution < 1.29 is 14.3 Å². The molecule has 4 nitrogen and oxygen atoms in total. The van der Waals surface area contributed by atoms with Crippen molar-refractivity contribution in [2.24, 2.45) is 0 Å². The fourth-order valence-corrected chi connectivity index (χ4v) is 3.28. The van der Waals surface area contributed by atoms with Crippen LogP contribution in [0.2, 0.25) is 0 Å². The van der Waals surface area contributed by atoms with E-state index >= 15 is 0 Å². The molecule has 0 unspecified atom stereocenters. The minimum absolute atomic E-state index is 0.213. The first-order valence-electron chi connectivity index (χ1n) is 8.50. The molecule has 3 aromatic rings. The average molecular weight is 337 g/mol. The minimum atomic E-state index is -0.213. The van der Waals surface area contributed by atoms with Crippen molar-refractivity contribution in [3.05, 3.63) is 65.4 Å². The number of hydrogen-bond donors (Lipinski definition) is 0. The lowest BCUT2D eigenvalue weighted by molar-refractivity contribution is -0.142. The number of aromatic nitrogens is 1. The van der Waals surface area contributed by atoms with Gasteiger partial charge in [-0.3, -0.25) is 4.79 Å². The molecule has 1 heterocycles. The van der Waals surface area contributed by atoms with Crippen molar-refractivity contribution in [1.82, 2.24) is 4.57 Å². The standard InChI is InChI=1S/C21H23NO3/c1-4-25-20(23)13-17-15(2)22(14-16-9-6-5-7-10-16)18-11-8-12-19(24-3)21(17)18/h5-12H,4,13-14H2,1-3H3. The zero-order valence-electron chi connectivity index (χ0n) is 14.9. The summed E-state index contributed by atoms with van der Waals surface area (Å²) in [6, 6.07) is 16.3. The van der Waals surface area contributed by atoms with Crippen LogP contribution in [0.15, 0.2) is 48.5 Å². The lowest BCUT2D eigenvalue weighted by Gasteiger charge is -2.09. The highest BCUT2D eigenvalue weighted by Gasteiger charge is 2.20. The predicted octanol–water partition coefficient (Wildman–Crippen LogP) is 4.11. The van der Waals surface area contributed by atoms with Crippen molar-refractivity contribution >= 4 is 16.9 Å².